The number of halogens is 1. The van der Waals surface area contributed by atoms with Gasteiger partial charge in [-0.2, -0.15) is 0 Å². The van der Waals surface area contributed by atoms with Gasteiger partial charge in [-0.15, -0.1) is 20.4 Å². The third kappa shape index (κ3) is 10.2. The maximum Gasteiger partial charge on any atom is 0.488 e. The van der Waals surface area contributed by atoms with Gasteiger partial charge in [0.25, 0.3) is 0 Å². The Morgan fingerprint density at radius 1 is 0.325 bits per heavy atom. The van der Waals surface area contributed by atoms with Gasteiger partial charge in [0.05, 0.1) is 22.1 Å². The third-order valence-electron chi connectivity index (χ3n) is 13.1. The largest absolute Gasteiger partial charge is 0.488 e. The molecule has 77 heavy (non-hydrogen) atoms. The van der Waals surface area contributed by atoms with Crippen molar-refractivity contribution in [1.82, 2.24) is 29.5 Å². The summed E-state index contributed by atoms with van der Waals surface area (Å²) >= 11 is 3.39. The molecule has 4 heterocycles. The Kier molecular flexibility index (Phi) is 14.3. The zero-order valence-corrected chi connectivity index (χ0v) is 42.2. The fourth-order valence-corrected chi connectivity index (χ4v) is 9.75. The van der Waals surface area contributed by atoms with Gasteiger partial charge in [-0.3, -0.25) is 0 Å². The number of aromatic nitrogens is 6. The summed E-state index contributed by atoms with van der Waals surface area (Å²) in [6.45, 7) is 0. The fraction of sp³-hybridized carbons (Fsp3) is 0.0154. The van der Waals surface area contributed by atoms with E-state index in [2.05, 4.69) is 155 Å². The van der Waals surface area contributed by atoms with Crippen molar-refractivity contribution < 1.29 is 18.9 Å². The van der Waals surface area contributed by atoms with Gasteiger partial charge in [-0.1, -0.05) is 163 Å². The molecule has 2 N–H and O–H groups in total. The van der Waals surface area contributed by atoms with E-state index in [-0.39, 0.29) is 7.43 Å². The number of para-hydroxylation sites is 4. The van der Waals surface area contributed by atoms with Crippen LogP contribution < -0.4 is 5.46 Å². The maximum absolute atomic E-state index is 9.43. The van der Waals surface area contributed by atoms with Crippen molar-refractivity contribution in [2.24, 2.45) is 0 Å². The molecular formula is C65H48BBrN6O4. The zero-order valence-electron chi connectivity index (χ0n) is 40.6. The number of nitrogens with zero attached hydrogens (tertiary/aromatic N) is 6. The summed E-state index contributed by atoms with van der Waals surface area (Å²) in [5.74, 6) is 2.10. The van der Waals surface area contributed by atoms with Crippen molar-refractivity contribution in [2.45, 2.75) is 7.43 Å². The first-order valence-corrected chi connectivity index (χ1v) is 25.4. The topological polar surface area (TPSA) is 128 Å². The lowest BCUT2D eigenvalue weighted by molar-refractivity contribution is 0.426. The maximum atomic E-state index is 9.43. The SMILES string of the molecule is Brc1ccc(-c2nnc(-c3ccccc3)o2)cc1.C.OB(O)c1ccc2c(c1)c1ccccc1n2-c1ccccc1.c1ccc(-c2nnc(-c3ccc(-c4ccc5c(c4)c4ccccc4n5-c4ccccc4)cc3)o2)cc1. The lowest BCUT2D eigenvalue weighted by atomic mass is 9.80. The predicted molar refractivity (Wildman–Crippen MR) is 315 cm³/mol. The smallest absolute Gasteiger partial charge is 0.423 e. The van der Waals surface area contributed by atoms with Crippen molar-refractivity contribution in [3.05, 3.63) is 259 Å². The molecule has 0 fully saturated rings. The molecule has 0 aliphatic heterocycles. The molecule has 0 unspecified atom stereocenters. The molecular weight excluding hydrogens is 1020 g/mol. The van der Waals surface area contributed by atoms with Crippen molar-refractivity contribution in [1.29, 1.82) is 0 Å². The van der Waals surface area contributed by atoms with Crippen molar-refractivity contribution in [3.63, 3.8) is 0 Å². The molecule has 0 amide bonds. The summed E-state index contributed by atoms with van der Waals surface area (Å²) in [6.07, 6.45) is 0. The lowest BCUT2D eigenvalue weighted by Crippen LogP contribution is -2.29. The predicted octanol–water partition coefficient (Wildman–Crippen LogP) is 15.4. The normalized spacial score (nSPS) is 10.9. The van der Waals surface area contributed by atoms with Crippen LogP contribution in [-0.4, -0.2) is 46.7 Å². The fourth-order valence-electron chi connectivity index (χ4n) is 9.49. The molecule has 0 atom stereocenters. The Balaban J connectivity index is 0.000000132. The van der Waals surface area contributed by atoms with E-state index in [1.54, 1.807) is 6.07 Å². The summed E-state index contributed by atoms with van der Waals surface area (Å²) < 4.78 is 17.1. The number of hydrogen-bond donors (Lipinski definition) is 2. The van der Waals surface area contributed by atoms with Crippen LogP contribution in [0.2, 0.25) is 0 Å². The molecule has 14 rings (SSSR count). The minimum atomic E-state index is -1.46. The van der Waals surface area contributed by atoms with Crippen LogP contribution in [0.1, 0.15) is 7.43 Å². The molecule has 0 radical (unpaired) electrons. The average molecular weight is 1070 g/mol. The monoisotopic (exact) mass is 1070 g/mol. The van der Waals surface area contributed by atoms with Crippen LogP contribution in [-0.2, 0) is 0 Å². The van der Waals surface area contributed by atoms with Crippen molar-refractivity contribution in [2.75, 3.05) is 0 Å². The molecule has 0 aliphatic carbocycles. The molecule has 12 heteroatoms. The number of fused-ring (bicyclic) bond motifs is 6. The van der Waals surface area contributed by atoms with Gasteiger partial charge in [-0.25, -0.2) is 0 Å². The molecule has 0 bridgehead atoms. The standard InChI is InChI=1S/C32H21N3O.C18H14BNO2.C14H9BrN2O.CH4/c1-3-9-23(10-4-1)31-33-34-32(36-31)24-17-15-22(16-18-24)25-19-20-30-28(21-25)27-13-7-8-14-29(27)35(30)26-11-5-2-6-12-26;21-19(22)13-10-11-18-16(12-13)15-8-4-5-9-17(15)20(18)14-6-2-1-3-7-14;15-12-8-6-11(7-9-12)14-17-16-13(18-14)10-4-2-1-3-5-10;/h1-21H;1-12,21-22H;1-9H;1H4. The summed E-state index contributed by atoms with van der Waals surface area (Å²) in [5, 5.41) is 40.0. The van der Waals surface area contributed by atoms with Crippen LogP contribution in [0, 0.1) is 0 Å². The van der Waals surface area contributed by atoms with Gasteiger partial charge >= 0.3 is 7.12 Å². The van der Waals surface area contributed by atoms with Gasteiger partial charge in [-0.05, 0) is 132 Å². The highest BCUT2D eigenvalue weighted by Crippen LogP contribution is 2.36. The summed E-state index contributed by atoms with van der Waals surface area (Å²) in [7, 11) is -1.46. The first-order valence-electron chi connectivity index (χ1n) is 24.6. The lowest BCUT2D eigenvalue weighted by Gasteiger charge is -2.08. The van der Waals surface area contributed by atoms with Gasteiger partial charge < -0.3 is 28.0 Å². The summed E-state index contributed by atoms with van der Waals surface area (Å²) in [6, 6.07) is 85.3. The van der Waals surface area contributed by atoms with Crippen LogP contribution in [0.4, 0.5) is 0 Å². The minimum absolute atomic E-state index is 0. The van der Waals surface area contributed by atoms with E-state index in [0.29, 0.717) is 29.0 Å². The van der Waals surface area contributed by atoms with Crippen LogP contribution in [0.25, 0.3) is 112 Å². The number of benzene rings is 10. The van der Waals surface area contributed by atoms with E-state index in [9.17, 15) is 10.0 Å². The van der Waals surface area contributed by atoms with E-state index in [4.69, 9.17) is 8.83 Å². The second kappa shape index (κ2) is 22.2. The number of rotatable bonds is 8. The molecule has 0 spiro atoms. The zero-order chi connectivity index (χ0) is 51.4. The molecule has 0 saturated heterocycles. The molecule has 10 nitrogen and oxygen atoms in total. The Morgan fingerprint density at radius 3 is 1.12 bits per heavy atom. The quantitative estimate of drug-likeness (QED) is 0.144. The highest BCUT2D eigenvalue weighted by atomic mass is 79.9. The second-order valence-corrected chi connectivity index (χ2v) is 18.8. The first-order chi connectivity index (χ1) is 37.4. The number of hydrogen-bond acceptors (Lipinski definition) is 8. The summed E-state index contributed by atoms with van der Waals surface area (Å²) in [5.41, 5.74) is 13.3. The third-order valence-corrected chi connectivity index (χ3v) is 13.7. The van der Waals surface area contributed by atoms with Crippen LogP contribution in [0.5, 0.6) is 0 Å². The van der Waals surface area contributed by atoms with E-state index in [1.165, 1.54) is 27.4 Å². The average Bonchev–Trinajstić information content (AvgIpc) is 4.36. The van der Waals surface area contributed by atoms with Gasteiger partial charge in [0.1, 0.15) is 0 Å². The molecule has 14 aromatic rings. The van der Waals surface area contributed by atoms with E-state index in [1.807, 2.05) is 140 Å². The van der Waals surface area contributed by atoms with Crippen molar-refractivity contribution in [3.8, 4) is 68.3 Å². The van der Waals surface area contributed by atoms with Crippen molar-refractivity contribution >= 4 is 72.1 Å². The molecule has 10 aromatic carbocycles. The van der Waals surface area contributed by atoms with Crippen LogP contribution in [0.3, 0.4) is 0 Å². The van der Waals surface area contributed by atoms with Gasteiger partial charge in [0.2, 0.25) is 23.6 Å². The first kappa shape index (κ1) is 49.7. The van der Waals surface area contributed by atoms with Gasteiger partial charge in [0, 0.05) is 59.6 Å². The van der Waals surface area contributed by atoms with E-state index in [0.717, 1.165) is 65.5 Å². The molecule has 0 saturated carbocycles. The second-order valence-electron chi connectivity index (χ2n) is 17.9. The van der Waals surface area contributed by atoms with Gasteiger partial charge in [0.15, 0.2) is 0 Å². The molecule has 372 valence electrons. The highest BCUT2D eigenvalue weighted by Gasteiger charge is 2.18. The van der Waals surface area contributed by atoms with E-state index >= 15 is 0 Å². The highest BCUT2D eigenvalue weighted by molar-refractivity contribution is 9.10. The Labute approximate surface area is 453 Å². The minimum Gasteiger partial charge on any atom is -0.423 e. The van der Waals surface area contributed by atoms with Crippen LogP contribution in [0.15, 0.2) is 268 Å². The summed E-state index contributed by atoms with van der Waals surface area (Å²) in [4.78, 5) is 0. The Bertz CT molecular complexity index is 4260. The Morgan fingerprint density at radius 2 is 0.662 bits per heavy atom. The Hall–Kier alpha value is -9.46. The van der Waals surface area contributed by atoms with Crippen LogP contribution >= 0.6 is 15.9 Å². The molecule has 4 aromatic heterocycles. The van der Waals surface area contributed by atoms with E-state index < -0.39 is 7.12 Å². The molecule has 0 aliphatic rings.